The number of hydrogen-bond acceptors (Lipinski definition) is 5. The molecule has 0 aliphatic carbocycles. The Hall–Kier alpha value is -3.02. The minimum Gasteiger partial charge on any atom is -0.504 e. The average molecular weight is 300 g/mol. The van der Waals surface area contributed by atoms with Crippen molar-refractivity contribution in [2.24, 2.45) is 5.10 Å². The van der Waals surface area contributed by atoms with Crippen LogP contribution in [0.15, 0.2) is 47.6 Å². The van der Waals surface area contributed by atoms with Crippen LogP contribution in [0.4, 0.5) is 5.69 Å². The average Bonchev–Trinajstić information content (AvgIpc) is 2.51. The van der Waals surface area contributed by atoms with E-state index in [1.165, 1.54) is 18.2 Å². The highest BCUT2D eigenvalue weighted by atomic mass is 16.5. The minimum atomic E-state index is -0.970. The van der Waals surface area contributed by atoms with Gasteiger partial charge in [0.05, 0.1) is 24.1 Å². The summed E-state index contributed by atoms with van der Waals surface area (Å²) in [5.41, 5.74) is 4.45. The van der Waals surface area contributed by atoms with Gasteiger partial charge in [0.25, 0.3) is 0 Å². The number of carbonyl (C=O) groups is 1. The Morgan fingerprint density at radius 1 is 1.27 bits per heavy atom. The number of anilines is 1. The van der Waals surface area contributed by atoms with Gasteiger partial charge in [-0.1, -0.05) is 0 Å². The van der Waals surface area contributed by atoms with E-state index in [1.54, 1.807) is 30.5 Å². The Morgan fingerprint density at radius 2 is 2.00 bits per heavy atom. The molecule has 6 heteroatoms. The summed E-state index contributed by atoms with van der Waals surface area (Å²) in [7, 11) is 0. The van der Waals surface area contributed by atoms with Crippen molar-refractivity contribution in [3.8, 4) is 11.5 Å². The van der Waals surface area contributed by atoms with Crippen molar-refractivity contribution in [3.05, 3.63) is 53.6 Å². The number of nitrogens with one attached hydrogen (secondary N) is 1. The van der Waals surface area contributed by atoms with Gasteiger partial charge in [0, 0.05) is 0 Å². The maximum Gasteiger partial charge on any atom is 0.335 e. The lowest BCUT2D eigenvalue weighted by atomic mass is 10.2. The molecule has 3 N–H and O–H groups in total. The van der Waals surface area contributed by atoms with Gasteiger partial charge in [0.2, 0.25) is 0 Å². The molecule has 2 rings (SSSR count). The van der Waals surface area contributed by atoms with Crippen molar-refractivity contribution in [2.75, 3.05) is 12.0 Å². The number of phenols is 1. The van der Waals surface area contributed by atoms with Crippen molar-refractivity contribution in [1.29, 1.82) is 0 Å². The molecule has 0 amide bonds. The number of benzene rings is 2. The lowest BCUT2D eigenvalue weighted by Gasteiger charge is -2.06. The van der Waals surface area contributed by atoms with E-state index in [0.717, 1.165) is 5.56 Å². The smallest absolute Gasteiger partial charge is 0.335 e. The van der Waals surface area contributed by atoms with E-state index >= 15 is 0 Å². The van der Waals surface area contributed by atoms with Crippen LogP contribution in [0.5, 0.6) is 11.5 Å². The number of aromatic hydroxyl groups is 1. The lowest BCUT2D eigenvalue weighted by molar-refractivity contribution is 0.0697. The van der Waals surface area contributed by atoms with Gasteiger partial charge in [-0.2, -0.15) is 5.10 Å². The zero-order valence-corrected chi connectivity index (χ0v) is 12.0. The molecule has 0 aliphatic heterocycles. The third-order valence-electron chi connectivity index (χ3n) is 2.82. The first-order chi connectivity index (χ1) is 10.6. The largest absolute Gasteiger partial charge is 0.504 e. The fourth-order valence-corrected chi connectivity index (χ4v) is 1.75. The summed E-state index contributed by atoms with van der Waals surface area (Å²) < 4.78 is 5.29. The maximum absolute atomic E-state index is 10.7. The van der Waals surface area contributed by atoms with Gasteiger partial charge in [-0.3, -0.25) is 5.43 Å². The molecule has 0 fully saturated rings. The monoisotopic (exact) mass is 300 g/mol. The second-order valence-corrected chi connectivity index (χ2v) is 4.41. The highest BCUT2D eigenvalue weighted by Gasteiger charge is 2.02. The van der Waals surface area contributed by atoms with Crippen molar-refractivity contribution >= 4 is 17.9 Å². The fraction of sp³-hybridized carbons (Fsp3) is 0.125. The van der Waals surface area contributed by atoms with Crippen LogP contribution in [0.1, 0.15) is 22.8 Å². The van der Waals surface area contributed by atoms with E-state index in [2.05, 4.69) is 10.5 Å². The van der Waals surface area contributed by atoms with Crippen molar-refractivity contribution in [2.45, 2.75) is 6.92 Å². The Labute approximate surface area is 127 Å². The third-order valence-corrected chi connectivity index (χ3v) is 2.82. The zero-order valence-electron chi connectivity index (χ0n) is 12.0. The molecule has 0 bridgehead atoms. The van der Waals surface area contributed by atoms with Crippen LogP contribution in [-0.2, 0) is 0 Å². The van der Waals surface area contributed by atoms with Crippen molar-refractivity contribution in [1.82, 2.24) is 0 Å². The summed E-state index contributed by atoms with van der Waals surface area (Å²) in [6.07, 6.45) is 1.58. The number of phenolic OH excluding ortho intramolecular Hbond substituents is 1. The Kier molecular flexibility index (Phi) is 4.98. The summed E-state index contributed by atoms with van der Waals surface area (Å²) in [6.45, 7) is 2.30. The molecule has 0 spiro atoms. The van der Waals surface area contributed by atoms with Gasteiger partial charge in [0.15, 0.2) is 11.5 Å². The molecule has 114 valence electrons. The van der Waals surface area contributed by atoms with Crippen LogP contribution in [0.2, 0.25) is 0 Å². The van der Waals surface area contributed by atoms with Gasteiger partial charge < -0.3 is 14.9 Å². The molecule has 22 heavy (non-hydrogen) atoms. The number of hydrogen-bond donors (Lipinski definition) is 3. The van der Waals surface area contributed by atoms with Crippen LogP contribution in [0, 0.1) is 0 Å². The summed E-state index contributed by atoms with van der Waals surface area (Å²) in [5.74, 6) is -0.490. The quantitative estimate of drug-likeness (QED) is 0.563. The van der Waals surface area contributed by atoms with Gasteiger partial charge >= 0.3 is 5.97 Å². The number of carboxylic acids is 1. The van der Waals surface area contributed by atoms with E-state index in [9.17, 15) is 9.90 Å². The van der Waals surface area contributed by atoms with E-state index in [1.807, 2.05) is 6.92 Å². The first-order valence-corrected chi connectivity index (χ1v) is 6.68. The lowest BCUT2D eigenvalue weighted by Crippen LogP contribution is -1.97. The molecule has 0 saturated carbocycles. The minimum absolute atomic E-state index is 0.0798. The summed E-state index contributed by atoms with van der Waals surface area (Å²) in [5, 5.41) is 22.5. The Balaban J connectivity index is 2.03. The SMILES string of the molecule is CCOc1cc(/C=N/Nc2ccc(C(=O)O)cc2)ccc1O. The van der Waals surface area contributed by atoms with E-state index in [0.29, 0.717) is 18.0 Å². The third kappa shape index (κ3) is 3.99. The molecule has 0 radical (unpaired) electrons. The summed E-state index contributed by atoms with van der Waals surface area (Å²) in [6, 6.07) is 11.2. The van der Waals surface area contributed by atoms with Gasteiger partial charge in [0.1, 0.15) is 0 Å². The maximum atomic E-state index is 10.7. The topological polar surface area (TPSA) is 91.2 Å². The highest BCUT2D eigenvalue weighted by molar-refractivity contribution is 5.88. The molecule has 0 aliphatic rings. The first kappa shape index (κ1) is 15.4. The Morgan fingerprint density at radius 3 is 2.64 bits per heavy atom. The fourth-order valence-electron chi connectivity index (χ4n) is 1.75. The van der Waals surface area contributed by atoms with Crippen LogP contribution in [0.3, 0.4) is 0 Å². The predicted octanol–water partition coefficient (Wildman–Crippen LogP) is 2.94. The summed E-state index contributed by atoms with van der Waals surface area (Å²) >= 11 is 0. The standard InChI is InChI=1S/C16H16N2O4/c1-2-22-15-9-11(3-8-14(15)19)10-17-18-13-6-4-12(5-7-13)16(20)21/h3-10,18-19H,2H2,1H3,(H,20,21)/b17-10+. The number of rotatable bonds is 6. The zero-order chi connectivity index (χ0) is 15.9. The Bertz CT molecular complexity index is 681. The number of carboxylic acid groups (broad SMARTS) is 1. The number of aromatic carboxylic acids is 1. The second-order valence-electron chi connectivity index (χ2n) is 4.41. The summed E-state index contributed by atoms with van der Waals surface area (Å²) in [4.78, 5) is 10.7. The number of ether oxygens (including phenoxy) is 1. The van der Waals surface area contributed by atoms with Crippen LogP contribution < -0.4 is 10.2 Å². The number of nitrogens with zero attached hydrogens (tertiary/aromatic N) is 1. The number of hydrazone groups is 1. The van der Waals surface area contributed by atoms with Crippen LogP contribution in [-0.4, -0.2) is 29.0 Å². The second kappa shape index (κ2) is 7.12. The molecule has 0 aromatic heterocycles. The first-order valence-electron chi connectivity index (χ1n) is 6.68. The molecular formula is C16H16N2O4. The molecular weight excluding hydrogens is 284 g/mol. The van der Waals surface area contributed by atoms with Crippen molar-refractivity contribution in [3.63, 3.8) is 0 Å². The van der Waals surface area contributed by atoms with Crippen molar-refractivity contribution < 1.29 is 19.7 Å². The van der Waals surface area contributed by atoms with Gasteiger partial charge in [-0.15, -0.1) is 0 Å². The molecule has 0 unspecified atom stereocenters. The van der Waals surface area contributed by atoms with E-state index in [-0.39, 0.29) is 11.3 Å². The predicted molar refractivity (Wildman–Crippen MR) is 83.9 cm³/mol. The molecule has 6 nitrogen and oxygen atoms in total. The molecule has 0 saturated heterocycles. The van der Waals surface area contributed by atoms with Crippen LogP contribution in [0.25, 0.3) is 0 Å². The van der Waals surface area contributed by atoms with Gasteiger partial charge in [-0.25, -0.2) is 4.79 Å². The molecule has 0 atom stereocenters. The van der Waals surface area contributed by atoms with E-state index in [4.69, 9.17) is 9.84 Å². The molecule has 2 aromatic carbocycles. The molecule has 0 heterocycles. The normalized spacial score (nSPS) is 10.6. The van der Waals surface area contributed by atoms with E-state index < -0.39 is 5.97 Å². The molecule has 2 aromatic rings. The van der Waals surface area contributed by atoms with Gasteiger partial charge in [-0.05, 0) is 55.0 Å². The van der Waals surface area contributed by atoms with Crippen LogP contribution >= 0.6 is 0 Å². The highest BCUT2D eigenvalue weighted by Crippen LogP contribution is 2.26.